The molecule has 1 aromatic carbocycles. The molecule has 8 nitrogen and oxygen atoms in total. The molecule has 3 rings (SSSR count). The average Bonchev–Trinajstić information content (AvgIpc) is 2.67. The van der Waals surface area contributed by atoms with Gasteiger partial charge in [-0.05, 0) is 31.0 Å². The maximum Gasteiger partial charge on any atom is 0.294 e. The first kappa shape index (κ1) is 17.8. The number of carbonyl (C=O) groups excluding carboxylic acids is 1. The second kappa shape index (κ2) is 7.47. The van der Waals surface area contributed by atoms with Crippen LogP contribution < -0.4 is 24.7 Å². The lowest BCUT2D eigenvalue weighted by Crippen LogP contribution is -2.44. The first-order valence-corrected chi connectivity index (χ1v) is 8.33. The van der Waals surface area contributed by atoms with Crippen LogP contribution in [-0.2, 0) is 17.8 Å². The van der Waals surface area contributed by atoms with Gasteiger partial charge in [0.05, 0.1) is 20.4 Å². The van der Waals surface area contributed by atoms with Gasteiger partial charge in [0, 0.05) is 13.1 Å². The van der Waals surface area contributed by atoms with Crippen molar-refractivity contribution in [2.45, 2.75) is 19.9 Å². The van der Waals surface area contributed by atoms with Gasteiger partial charge in [-0.3, -0.25) is 9.59 Å². The normalized spacial score (nSPS) is 13.2. The molecule has 0 fully saturated rings. The van der Waals surface area contributed by atoms with Gasteiger partial charge in [-0.15, -0.1) is 0 Å². The summed E-state index contributed by atoms with van der Waals surface area (Å²) in [4.78, 5) is 26.4. The number of anilines is 1. The Morgan fingerprint density at radius 3 is 2.65 bits per heavy atom. The summed E-state index contributed by atoms with van der Waals surface area (Å²) in [7, 11) is 3.15. The number of amides is 1. The molecule has 8 heteroatoms. The number of methoxy groups -OCH3 is 2. The first-order valence-electron chi connectivity index (χ1n) is 8.33. The summed E-state index contributed by atoms with van der Waals surface area (Å²) < 4.78 is 17.2. The van der Waals surface area contributed by atoms with Crippen LogP contribution in [0.4, 0.5) is 5.69 Å². The molecule has 2 heterocycles. The van der Waals surface area contributed by atoms with E-state index < -0.39 is 0 Å². The lowest BCUT2D eigenvalue weighted by atomic mass is 10.1. The summed E-state index contributed by atoms with van der Waals surface area (Å²) in [6, 6.07) is 5.59. The lowest BCUT2D eigenvalue weighted by Gasteiger charge is -2.28. The molecule has 0 radical (unpaired) electrons. The molecule has 2 aromatic rings. The minimum atomic E-state index is -0.328. The molecule has 0 aliphatic carbocycles. The van der Waals surface area contributed by atoms with Crippen molar-refractivity contribution >= 4 is 11.6 Å². The average molecular weight is 359 g/mol. The molecule has 0 unspecified atom stereocenters. The summed E-state index contributed by atoms with van der Waals surface area (Å²) in [5.41, 5.74) is 0.886. The van der Waals surface area contributed by atoms with Crippen molar-refractivity contribution in [2.24, 2.45) is 0 Å². The quantitative estimate of drug-likeness (QED) is 0.772. The number of hydrogen-bond donors (Lipinski definition) is 0. The van der Waals surface area contributed by atoms with E-state index in [4.69, 9.17) is 14.2 Å². The van der Waals surface area contributed by atoms with Gasteiger partial charge in [-0.2, -0.15) is 5.10 Å². The van der Waals surface area contributed by atoms with Crippen LogP contribution in [0.15, 0.2) is 29.2 Å². The number of fused-ring (bicyclic) bond motifs is 1. The number of hydrogen-bond acceptors (Lipinski definition) is 6. The van der Waals surface area contributed by atoms with Crippen LogP contribution in [-0.4, -0.2) is 43.1 Å². The largest absolute Gasteiger partial charge is 0.493 e. The Morgan fingerprint density at radius 1 is 1.19 bits per heavy atom. The predicted octanol–water partition coefficient (Wildman–Crippen LogP) is 1.25. The Hall–Kier alpha value is -3.03. The number of rotatable bonds is 6. The molecule has 1 amide bonds. The van der Waals surface area contributed by atoms with E-state index in [9.17, 15) is 9.59 Å². The Labute approximate surface area is 150 Å². The molecule has 0 spiro atoms. The number of nitrogens with zero attached hydrogens (tertiary/aromatic N) is 3. The van der Waals surface area contributed by atoms with Crippen molar-refractivity contribution in [2.75, 3.05) is 32.3 Å². The van der Waals surface area contributed by atoms with Gasteiger partial charge in [0.1, 0.15) is 0 Å². The van der Waals surface area contributed by atoms with E-state index in [1.54, 1.807) is 14.2 Å². The molecular formula is C18H21N3O5. The summed E-state index contributed by atoms with van der Waals surface area (Å²) in [6.07, 6.45) is 2.04. The van der Waals surface area contributed by atoms with Gasteiger partial charge in [-0.25, -0.2) is 4.68 Å². The molecule has 1 aliphatic heterocycles. The molecular weight excluding hydrogens is 338 g/mol. The molecule has 0 atom stereocenters. The molecule has 0 saturated carbocycles. The summed E-state index contributed by atoms with van der Waals surface area (Å²) in [5, 5.41) is 4.04. The smallest absolute Gasteiger partial charge is 0.294 e. The lowest BCUT2D eigenvalue weighted by molar-refractivity contribution is -0.121. The molecule has 0 N–H and O–H groups in total. The summed E-state index contributed by atoms with van der Waals surface area (Å²) in [6.45, 7) is 2.49. The molecule has 0 bridgehead atoms. The van der Waals surface area contributed by atoms with Crippen molar-refractivity contribution in [3.05, 3.63) is 40.3 Å². The van der Waals surface area contributed by atoms with E-state index in [0.717, 1.165) is 5.56 Å². The minimum absolute atomic E-state index is 0.101. The zero-order chi connectivity index (χ0) is 18.7. The highest BCUT2D eigenvalue weighted by atomic mass is 16.5. The number of benzene rings is 1. The highest BCUT2D eigenvalue weighted by molar-refractivity contribution is 5.97. The van der Waals surface area contributed by atoms with E-state index in [1.165, 1.54) is 15.8 Å². The Kier molecular flexibility index (Phi) is 5.11. The van der Waals surface area contributed by atoms with Crippen molar-refractivity contribution in [1.82, 2.24) is 9.78 Å². The monoisotopic (exact) mass is 359 g/mol. The van der Waals surface area contributed by atoms with E-state index in [0.29, 0.717) is 36.8 Å². The van der Waals surface area contributed by atoms with Crippen LogP contribution in [0.3, 0.4) is 0 Å². The molecule has 1 aliphatic rings. The van der Waals surface area contributed by atoms with Gasteiger partial charge in [0.15, 0.2) is 29.5 Å². The van der Waals surface area contributed by atoms with E-state index in [1.807, 2.05) is 25.1 Å². The van der Waals surface area contributed by atoms with Crippen molar-refractivity contribution in [1.29, 1.82) is 0 Å². The number of ether oxygens (including phenoxy) is 3. The van der Waals surface area contributed by atoms with Gasteiger partial charge in [0.25, 0.3) is 11.5 Å². The van der Waals surface area contributed by atoms with Crippen LogP contribution in [0.25, 0.3) is 0 Å². The third-order valence-corrected chi connectivity index (χ3v) is 4.28. The zero-order valence-electron chi connectivity index (χ0n) is 15.0. The Morgan fingerprint density at radius 2 is 1.96 bits per heavy atom. The third-order valence-electron chi connectivity index (χ3n) is 4.28. The van der Waals surface area contributed by atoms with Crippen molar-refractivity contribution in [3.8, 4) is 17.2 Å². The van der Waals surface area contributed by atoms with Crippen LogP contribution >= 0.6 is 0 Å². The van der Waals surface area contributed by atoms with Crippen LogP contribution in [0, 0.1) is 0 Å². The number of aromatic nitrogens is 2. The first-order chi connectivity index (χ1) is 12.6. The second-order valence-electron chi connectivity index (χ2n) is 5.75. The van der Waals surface area contributed by atoms with Crippen LogP contribution in [0.5, 0.6) is 17.2 Å². The van der Waals surface area contributed by atoms with Gasteiger partial charge < -0.3 is 19.1 Å². The number of carbonyl (C=O) groups is 1. The van der Waals surface area contributed by atoms with Crippen molar-refractivity contribution < 1.29 is 19.0 Å². The fourth-order valence-electron chi connectivity index (χ4n) is 2.90. The standard InChI is InChI=1S/C18H21N3O5/c1-4-21-18(23)17-15(10-19-21)26-11-16(22)20(17)8-7-12-5-6-13(24-2)14(9-12)25-3/h5-6,9-10H,4,7-8,11H2,1-3H3. The van der Waals surface area contributed by atoms with Gasteiger partial charge in [0.2, 0.25) is 0 Å². The maximum absolute atomic E-state index is 12.6. The third kappa shape index (κ3) is 3.22. The second-order valence-corrected chi connectivity index (χ2v) is 5.75. The zero-order valence-corrected chi connectivity index (χ0v) is 15.0. The van der Waals surface area contributed by atoms with E-state index >= 15 is 0 Å². The fourth-order valence-corrected chi connectivity index (χ4v) is 2.90. The minimum Gasteiger partial charge on any atom is -0.493 e. The van der Waals surface area contributed by atoms with Crippen molar-refractivity contribution in [3.63, 3.8) is 0 Å². The predicted molar refractivity (Wildman–Crippen MR) is 95.3 cm³/mol. The van der Waals surface area contributed by atoms with Crippen LogP contribution in [0.1, 0.15) is 12.5 Å². The highest BCUT2D eigenvalue weighted by Gasteiger charge is 2.29. The fraction of sp³-hybridized carbons (Fsp3) is 0.389. The Bertz CT molecular complexity index is 878. The molecule has 138 valence electrons. The number of aryl methyl sites for hydroxylation is 1. The summed E-state index contributed by atoms with van der Waals surface area (Å²) >= 11 is 0. The van der Waals surface area contributed by atoms with Gasteiger partial charge in [-0.1, -0.05) is 6.07 Å². The van der Waals surface area contributed by atoms with E-state index in [-0.39, 0.29) is 23.8 Å². The highest BCUT2D eigenvalue weighted by Crippen LogP contribution is 2.30. The van der Waals surface area contributed by atoms with E-state index in [2.05, 4.69) is 5.10 Å². The SMILES string of the molecule is CCn1ncc2c(c1=O)N(CCc1ccc(OC)c(OC)c1)C(=O)CO2. The molecule has 0 saturated heterocycles. The topological polar surface area (TPSA) is 82.9 Å². The molecule has 26 heavy (non-hydrogen) atoms. The van der Waals surface area contributed by atoms with Crippen LogP contribution in [0.2, 0.25) is 0 Å². The Balaban J connectivity index is 1.87. The molecule has 1 aromatic heterocycles. The maximum atomic E-state index is 12.6. The van der Waals surface area contributed by atoms with Gasteiger partial charge >= 0.3 is 0 Å². The summed E-state index contributed by atoms with van der Waals surface area (Å²) in [5.74, 6) is 1.35.